The Morgan fingerprint density at radius 3 is 2.19 bits per heavy atom. The number of rotatable bonds is 7. The van der Waals surface area contributed by atoms with Gasteiger partial charge in [-0.3, -0.25) is 20.4 Å². The first kappa shape index (κ1) is 24.5. The molecule has 2 rings (SSSR count). The summed E-state index contributed by atoms with van der Waals surface area (Å²) in [7, 11) is 0. The van der Waals surface area contributed by atoms with Gasteiger partial charge in [-0.1, -0.05) is 12.1 Å². The molecule has 0 spiro atoms. The largest absolute Gasteiger partial charge is 0.465 e. The molecule has 11 heteroatoms. The molecule has 0 atom stereocenters. The number of benzene rings is 2. The molecule has 0 saturated heterocycles. The van der Waals surface area contributed by atoms with E-state index in [2.05, 4.69) is 16.2 Å². The normalized spacial score (nSPS) is 11.1. The molecule has 8 nitrogen and oxygen atoms in total. The molecule has 0 heterocycles. The van der Waals surface area contributed by atoms with Crippen molar-refractivity contribution in [3.8, 4) is 0 Å². The minimum absolute atomic E-state index is 0.0409. The molecular formula is C21H23F3N4O4. The maximum Gasteiger partial charge on any atom is 0.416 e. The summed E-state index contributed by atoms with van der Waals surface area (Å²) in [5.41, 5.74) is 4.46. The molecule has 172 valence electrons. The Morgan fingerprint density at radius 1 is 1.00 bits per heavy atom. The number of amides is 3. The lowest BCUT2D eigenvalue weighted by molar-refractivity contribution is -0.137. The Balaban J connectivity index is 1.98. The highest BCUT2D eigenvalue weighted by atomic mass is 19.4. The summed E-state index contributed by atoms with van der Waals surface area (Å²) in [6.07, 6.45) is -5.76. The van der Waals surface area contributed by atoms with Crippen LogP contribution in [0.3, 0.4) is 0 Å². The van der Waals surface area contributed by atoms with E-state index in [1.54, 1.807) is 32.0 Å². The number of para-hydroxylation sites is 1. The fourth-order valence-corrected chi connectivity index (χ4v) is 2.74. The molecule has 4 N–H and O–H groups in total. The van der Waals surface area contributed by atoms with Crippen molar-refractivity contribution in [1.82, 2.24) is 15.8 Å². The lowest BCUT2D eigenvalue weighted by atomic mass is 10.1. The van der Waals surface area contributed by atoms with Gasteiger partial charge in [0.25, 0.3) is 5.91 Å². The van der Waals surface area contributed by atoms with Crippen LogP contribution in [0.4, 0.5) is 29.3 Å². The quantitative estimate of drug-likeness (QED) is 0.475. The second kappa shape index (κ2) is 10.5. The van der Waals surface area contributed by atoms with Gasteiger partial charge in [-0.25, -0.2) is 4.79 Å². The highest BCUT2D eigenvalue weighted by Crippen LogP contribution is 2.30. The number of halogens is 3. The van der Waals surface area contributed by atoms with Crippen LogP contribution < -0.4 is 16.2 Å². The molecule has 0 fully saturated rings. The van der Waals surface area contributed by atoms with Crippen molar-refractivity contribution < 1.29 is 32.7 Å². The summed E-state index contributed by atoms with van der Waals surface area (Å²) >= 11 is 0. The third-order valence-corrected chi connectivity index (χ3v) is 4.43. The second-order valence-corrected chi connectivity index (χ2v) is 7.07. The van der Waals surface area contributed by atoms with Crippen LogP contribution in [0.25, 0.3) is 0 Å². The van der Waals surface area contributed by atoms with Gasteiger partial charge in [0.1, 0.15) is 0 Å². The van der Waals surface area contributed by atoms with E-state index in [4.69, 9.17) is 5.11 Å². The Hall–Kier alpha value is -3.76. The average molecular weight is 452 g/mol. The van der Waals surface area contributed by atoms with Crippen LogP contribution in [-0.4, -0.2) is 40.5 Å². The molecule has 0 bridgehead atoms. The molecule has 0 aliphatic heterocycles. The zero-order chi connectivity index (χ0) is 23.9. The lowest BCUT2D eigenvalue weighted by Gasteiger charge is -2.22. The monoisotopic (exact) mass is 452 g/mol. The second-order valence-electron chi connectivity index (χ2n) is 7.07. The number of hydrogen-bond donors (Lipinski definition) is 4. The number of hydrazine groups is 1. The average Bonchev–Trinajstić information content (AvgIpc) is 2.71. The first-order valence-electron chi connectivity index (χ1n) is 9.61. The van der Waals surface area contributed by atoms with Crippen LogP contribution in [0.1, 0.15) is 36.2 Å². The van der Waals surface area contributed by atoms with Crippen LogP contribution in [0, 0.1) is 0 Å². The third kappa shape index (κ3) is 6.89. The summed E-state index contributed by atoms with van der Waals surface area (Å²) in [5.74, 6) is -1.24. The SMILES string of the molecule is CC(C)N(CCC(=O)NNC(=O)c1ccccc1Nc1ccc(C(F)(F)F)cc1)C(=O)O. The number of carboxylic acid groups (broad SMARTS) is 1. The number of hydrogen-bond acceptors (Lipinski definition) is 4. The van der Waals surface area contributed by atoms with E-state index in [1.165, 1.54) is 18.2 Å². The van der Waals surface area contributed by atoms with Gasteiger partial charge in [0, 0.05) is 24.7 Å². The number of nitrogens with zero attached hydrogens (tertiary/aromatic N) is 1. The highest BCUT2D eigenvalue weighted by Gasteiger charge is 2.30. The Bertz CT molecular complexity index is 962. The zero-order valence-electron chi connectivity index (χ0n) is 17.4. The summed E-state index contributed by atoms with van der Waals surface area (Å²) in [6, 6.07) is 10.3. The maximum absolute atomic E-state index is 12.7. The standard InChI is InChI=1S/C21H23F3N4O4/c1-13(2)28(20(31)32)12-11-18(29)26-27-19(30)16-5-3-4-6-17(16)25-15-9-7-14(8-10-15)21(22,23)24/h3-10,13,25H,11-12H2,1-2H3,(H,26,29)(H,27,30)(H,31,32). The minimum atomic E-state index is -4.45. The van der Waals surface area contributed by atoms with Gasteiger partial charge in [-0.2, -0.15) is 13.2 Å². The Kier molecular flexibility index (Phi) is 8.05. The van der Waals surface area contributed by atoms with Gasteiger partial charge in [0.2, 0.25) is 5.91 Å². The Morgan fingerprint density at radius 2 is 1.62 bits per heavy atom. The molecule has 2 aromatic rings. The van der Waals surface area contributed by atoms with Crippen LogP contribution in [0.2, 0.25) is 0 Å². The van der Waals surface area contributed by atoms with Gasteiger partial charge >= 0.3 is 12.3 Å². The summed E-state index contributed by atoms with van der Waals surface area (Å²) < 4.78 is 38.1. The van der Waals surface area contributed by atoms with Crippen molar-refractivity contribution in [2.24, 2.45) is 0 Å². The Labute approximate surface area is 182 Å². The highest BCUT2D eigenvalue weighted by molar-refractivity contribution is 6.01. The van der Waals surface area contributed by atoms with Gasteiger partial charge in [0.05, 0.1) is 16.8 Å². The van der Waals surface area contributed by atoms with Gasteiger partial charge in [0.15, 0.2) is 0 Å². The first-order valence-corrected chi connectivity index (χ1v) is 9.61. The van der Waals surface area contributed by atoms with E-state index < -0.39 is 29.6 Å². The van der Waals surface area contributed by atoms with E-state index in [0.29, 0.717) is 11.4 Å². The van der Waals surface area contributed by atoms with Crippen LogP contribution in [-0.2, 0) is 11.0 Å². The van der Waals surface area contributed by atoms with Crippen molar-refractivity contribution >= 4 is 29.3 Å². The van der Waals surface area contributed by atoms with Crippen molar-refractivity contribution in [1.29, 1.82) is 0 Å². The summed E-state index contributed by atoms with van der Waals surface area (Å²) in [4.78, 5) is 36.7. The zero-order valence-corrected chi connectivity index (χ0v) is 17.4. The smallest absolute Gasteiger partial charge is 0.416 e. The maximum atomic E-state index is 12.7. The predicted molar refractivity (Wildman–Crippen MR) is 111 cm³/mol. The van der Waals surface area contributed by atoms with Gasteiger partial charge in [-0.05, 0) is 50.2 Å². The van der Waals surface area contributed by atoms with Crippen molar-refractivity contribution in [2.45, 2.75) is 32.5 Å². The molecule has 0 radical (unpaired) electrons. The summed E-state index contributed by atoms with van der Waals surface area (Å²) in [5, 5.41) is 12.0. The fourth-order valence-electron chi connectivity index (χ4n) is 2.74. The lowest BCUT2D eigenvalue weighted by Crippen LogP contribution is -2.44. The van der Waals surface area contributed by atoms with Crippen LogP contribution in [0.5, 0.6) is 0 Å². The van der Waals surface area contributed by atoms with Gasteiger partial charge in [-0.15, -0.1) is 0 Å². The number of anilines is 2. The number of carbonyl (C=O) groups is 3. The van der Waals surface area contributed by atoms with Crippen molar-refractivity contribution in [3.05, 3.63) is 59.7 Å². The van der Waals surface area contributed by atoms with E-state index in [-0.39, 0.29) is 24.6 Å². The van der Waals surface area contributed by atoms with E-state index >= 15 is 0 Å². The van der Waals surface area contributed by atoms with Gasteiger partial charge < -0.3 is 15.3 Å². The van der Waals surface area contributed by atoms with E-state index in [1.807, 2.05) is 0 Å². The van der Waals surface area contributed by atoms with Crippen molar-refractivity contribution in [2.75, 3.05) is 11.9 Å². The molecular weight excluding hydrogens is 429 g/mol. The number of alkyl halides is 3. The first-order chi connectivity index (χ1) is 15.0. The predicted octanol–water partition coefficient (Wildman–Crippen LogP) is 3.99. The topological polar surface area (TPSA) is 111 Å². The molecule has 3 amide bonds. The molecule has 0 saturated carbocycles. The molecule has 2 aromatic carbocycles. The number of carbonyl (C=O) groups excluding carboxylic acids is 2. The van der Waals surface area contributed by atoms with E-state index in [9.17, 15) is 27.6 Å². The third-order valence-electron chi connectivity index (χ3n) is 4.43. The molecule has 32 heavy (non-hydrogen) atoms. The molecule has 0 aromatic heterocycles. The van der Waals surface area contributed by atoms with E-state index in [0.717, 1.165) is 17.0 Å². The van der Waals surface area contributed by atoms with Crippen molar-refractivity contribution in [3.63, 3.8) is 0 Å². The molecule has 0 aliphatic rings. The number of nitrogens with one attached hydrogen (secondary N) is 3. The summed E-state index contributed by atoms with van der Waals surface area (Å²) in [6.45, 7) is 3.31. The minimum Gasteiger partial charge on any atom is -0.465 e. The molecule has 0 aliphatic carbocycles. The van der Waals surface area contributed by atoms with Crippen LogP contribution in [0.15, 0.2) is 48.5 Å². The molecule has 0 unspecified atom stereocenters. The van der Waals surface area contributed by atoms with Crippen LogP contribution >= 0.6 is 0 Å². The fraction of sp³-hybridized carbons (Fsp3) is 0.286.